The van der Waals surface area contributed by atoms with E-state index in [2.05, 4.69) is 4.98 Å². The van der Waals surface area contributed by atoms with Gasteiger partial charge >= 0.3 is 0 Å². The fourth-order valence-corrected chi connectivity index (χ4v) is 3.60. The van der Waals surface area contributed by atoms with Gasteiger partial charge in [-0.15, -0.1) is 0 Å². The first kappa shape index (κ1) is 18.5. The van der Waals surface area contributed by atoms with Crippen LogP contribution in [0.1, 0.15) is 22.2 Å². The Labute approximate surface area is 159 Å². The Morgan fingerprint density at radius 2 is 1.74 bits per heavy atom. The van der Waals surface area contributed by atoms with Crippen LogP contribution in [0.4, 0.5) is 21.0 Å². The molecule has 0 aliphatic rings. The van der Waals surface area contributed by atoms with Crippen molar-refractivity contribution in [2.75, 3.05) is 10.6 Å². The maximum atomic E-state index is 14.4. The number of benzene rings is 2. The average Bonchev–Trinajstić information content (AvgIpc) is 3.04. The van der Waals surface area contributed by atoms with E-state index in [1.54, 1.807) is 36.4 Å². The summed E-state index contributed by atoms with van der Waals surface area (Å²) in [7, 11) is 0. The van der Waals surface area contributed by atoms with Crippen molar-refractivity contribution in [1.82, 2.24) is 4.98 Å². The van der Waals surface area contributed by atoms with Crippen LogP contribution in [-0.2, 0) is 4.79 Å². The minimum absolute atomic E-state index is 0.0156. The van der Waals surface area contributed by atoms with E-state index in [-0.39, 0.29) is 27.3 Å². The lowest BCUT2D eigenvalue weighted by atomic mass is 10.1. The van der Waals surface area contributed by atoms with E-state index in [1.165, 1.54) is 30.0 Å². The number of primary amides is 1. The lowest BCUT2D eigenvalue weighted by molar-refractivity contribution is -0.118. The fraction of sp³-hybridized carbons (Fsp3) is 0.105. The van der Waals surface area contributed by atoms with Gasteiger partial charge in [-0.25, -0.2) is 9.37 Å². The van der Waals surface area contributed by atoms with Crippen LogP contribution in [0.15, 0.2) is 54.6 Å². The minimum atomic E-state index is -0.896. The second-order valence-electron chi connectivity index (χ2n) is 5.81. The maximum absolute atomic E-state index is 14.4. The van der Waals surface area contributed by atoms with Gasteiger partial charge in [0.25, 0.3) is 0 Å². The number of ketones is 1. The Morgan fingerprint density at radius 1 is 1.11 bits per heavy atom. The van der Waals surface area contributed by atoms with Gasteiger partial charge < -0.3 is 16.4 Å². The molecule has 3 aromatic rings. The normalized spacial score (nSPS) is 11.8. The van der Waals surface area contributed by atoms with Crippen LogP contribution in [-0.4, -0.2) is 22.7 Å². The summed E-state index contributed by atoms with van der Waals surface area (Å²) in [5.41, 5.74) is 12.0. The largest absolute Gasteiger partial charge is 0.382 e. The third-order valence-electron chi connectivity index (χ3n) is 4.00. The second kappa shape index (κ2) is 7.55. The second-order valence-corrected chi connectivity index (χ2v) is 6.78. The summed E-state index contributed by atoms with van der Waals surface area (Å²) < 4.78 is 14.4. The molecular weight excluding hydrogens is 367 g/mol. The number of carbonyl (C=O) groups excluding carboxylic acids is 2. The van der Waals surface area contributed by atoms with Crippen molar-refractivity contribution in [1.29, 1.82) is 0 Å². The van der Waals surface area contributed by atoms with Gasteiger partial charge in [0, 0.05) is 5.56 Å². The maximum Gasteiger partial charge on any atom is 0.240 e. The molecule has 0 unspecified atom stereocenters. The lowest BCUT2D eigenvalue weighted by Crippen LogP contribution is -2.40. The Hall–Kier alpha value is -3.26. The molecule has 1 aromatic heterocycles. The van der Waals surface area contributed by atoms with E-state index in [1.807, 2.05) is 0 Å². The summed E-state index contributed by atoms with van der Waals surface area (Å²) in [5, 5.41) is 0.211. The Balaban J connectivity index is 2.08. The van der Waals surface area contributed by atoms with Crippen LogP contribution in [0.5, 0.6) is 0 Å². The molecule has 1 heterocycles. The average molecular weight is 384 g/mol. The van der Waals surface area contributed by atoms with Crippen molar-refractivity contribution < 1.29 is 14.0 Å². The molecular formula is C19H17FN4O2S. The quantitative estimate of drug-likeness (QED) is 0.636. The summed E-state index contributed by atoms with van der Waals surface area (Å²) >= 11 is 0.986. The lowest BCUT2D eigenvalue weighted by Gasteiger charge is -2.26. The van der Waals surface area contributed by atoms with Crippen LogP contribution >= 0.6 is 11.3 Å². The van der Waals surface area contributed by atoms with Gasteiger partial charge in [-0.05, 0) is 19.1 Å². The molecule has 0 spiro atoms. The number of carbonyl (C=O) groups is 2. The van der Waals surface area contributed by atoms with E-state index in [0.717, 1.165) is 11.3 Å². The highest BCUT2D eigenvalue weighted by atomic mass is 32.1. The van der Waals surface area contributed by atoms with Gasteiger partial charge in [0.2, 0.25) is 11.7 Å². The number of nitrogen functional groups attached to an aromatic ring is 1. The van der Waals surface area contributed by atoms with Gasteiger partial charge in [0.05, 0.1) is 5.69 Å². The zero-order valence-corrected chi connectivity index (χ0v) is 15.2. The van der Waals surface area contributed by atoms with Crippen molar-refractivity contribution in [2.45, 2.75) is 13.0 Å². The van der Waals surface area contributed by atoms with Gasteiger partial charge in [-0.3, -0.25) is 9.59 Å². The van der Waals surface area contributed by atoms with Gasteiger partial charge in [0.1, 0.15) is 22.6 Å². The molecule has 0 saturated heterocycles. The molecule has 0 radical (unpaired) electrons. The highest BCUT2D eigenvalue weighted by Crippen LogP contribution is 2.36. The van der Waals surface area contributed by atoms with Crippen LogP contribution < -0.4 is 16.4 Å². The van der Waals surface area contributed by atoms with Crippen LogP contribution in [0, 0.1) is 5.82 Å². The predicted octanol–water partition coefficient (Wildman–Crippen LogP) is 3.11. The molecule has 4 N–H and O–H groups in total. The molecule has 2 aromatic carbocycles. The van der Waals surface area contributed by atoms with Crippen LogP contribution in [0.3, 0.4) is 0 Å². The van der Waals surface area contributed by atoms with Crippen molar-refractivity contribution in [2.24, 2.45) is 5.73 Å². The van der Waals surface area contributed by atoms with Crippen molar-refractivity contribution >= 4 is 39.7 Å². The SMILES string of the molecule is C[C@@H](C(N)=O)N(c1nc(N)c(C(=O)c2ccccc2)s1)c1ccccc1F. The Morgan fingerprint density at radius 3 is 2.37 bits per heavy atom. The molecule has 27 heavy (non-hydrogen) atoms. The number of thiazole rings is 1. The number of hydrogen-bond donors (Lipinski definition) is 2. The smallest absolute Gasteiger partial charge is 0.240 e. The monoisotopic (exact) mass is 384 g/mol. The van der Waals surface area contributed by atoms with Crippen molar-refractivity contribution in [3.63, 3.8) is 0 Å². The fourth-order valence-electron chi connectivity index (χ4n) is 2.56. The number of nitrogens with zero attached hydrogens (tertiary/aromatic N) is 2. The van der Waals surface area contributed by atoms with Crippen LogP contribution in [0.25, 0.3) is 0 Å². The zero-order chi connectivity index (χ0) is 19.6. The number of hydrogen-bond acceptors (Lipinski definition) is 6. The molecule has 138 valence electrons. The van der Waals surface area contributed by atoms with E-state index in [0.29, 0.717) is 5.56 Å². The Bertz CT molecular complexity index is 990. The summed E-state index contributed by atoms with van der Waals surface area (Å²) in [5.74, 6) is -1.49. The van der Waals surface area contributed by atoms with Crippen molar-refractivity contribution in [3.8, 4) is 0 Å². The zero-order valence-electron chi connectivity index (χ0n) is 14.4. The first-order valence-electron chi connectivity index (χ1n) is 8.09. The highest BCUT2D eigenvalue weighted by molar-refractivity contribution is 7.18. The third kappa shape index (κ3) is 3.65. The highest BCUT2D eigenvalue weighted by Gasteiger charge is 2.28. The molecule has 0 fully saturated rings. The first-order valence-corrected chi connectivity index (χ1v) is 8.91. The minimum Gasteiger partial charge on any atom is -0.382 e. The number of anilines is 3. The molecule has 0 bridgehead atoms. The molecule has 0 aliphatic carbocycles. The first-order chi connectivity index (χ1) is 12.9. The number of rotatable bonds is 6. The number of halogens is 1. The van der Waals surface area contributed by atoms with E-state index < -0.39 is 17.8 Å². The summed E-state index contributed by atoms with van der Waals surface area (Å²) in [6.07, 6.45) is 0. The summed E-state index contributed by atoms with van der Waals surface area (Å²) in [6, 6.07) is 13.7. The topological polar surface area (TPSA) is 102 Å². The molecule has 0 aliphatic heterocycles. The van der Waals surface area contributed by atoms with Gasteiger partial charge in [-0.2, -0.15) is 0 Å². The number of nitrogens with two attached hydrogens (primary N) is 2. The standard InChI is InChI=1S/C19H17FN4O2S/c1-11(18(22)26)24(14-10-6-5-9-13(14)20)19-23-17(21)16(27-19)15(25)12-7-3-2-4-8-12/h2-11H,21H2,1H3,(H2,22,26)/t11-/m0/s1. The summed E-state index contributed by atoms with van der Waals surface area (Å²) in [6.45, 7) is 1.53. The molecule has 1 atom stereocenters. The van der Waals surface area contributed by atoms with E-state index >= 15 is 0 Å². The summed E-state index contributed by atoms with van der Waals surface area (Å²) in [4.78, 5) is 30.3. The molecule has 8 heteroatoms. The number of para-hydroxylation sites is 1. The molecule has 1 amide bonds. The number of amides is 1. The van der Waals surface area contributed by atoms with Crippen molar-refractivity contribution in [3.05, 3.63) is 70.9 Å². The molecule has 3 rings (SSSR count). The van der Waals surface area contributed by atoms with Gasteiger partial charge in [-0.1, -0.05) is 53.8 Å². The predicted molar refractivity (Wildman–Crippen MR) is 104 cm³/mol. The third-order valence-corrected chi connectivity index (χ3v) is 5.07. The van der Waals surface area contributed by atoms with Gasteiger partial charge in [0.15, 0.2) is 5.13 Å². The number of aromatic nitrogens is 1. The molecule has 0 saturated carbocycles. The van der Waals surface area contributed by atoms with E-state index in [9.17, 15) is 14.0 Å². The molecule has 6 nitrogen and oxygen atoms in total. The van der Waals surface area contributed by atoms with E-state index in [4.69, 9.17) is 11.5 Å². The Kier molecular flexibility index (Phi) is 5.18. The van der Waals surface area contributed by atoms with Crippen LogP contribution in [0.2, 0.25) is 0 Å².